The third-order valence-corrected chi connectivity index (χ3v) is 4.70. The summed E-state index contributed by atoms with van der Waals surface area (Å²) < 4.78 is 26.0. The van der Waals surface area contributed by atoms with E-state index in [9.17, 15) is 13.2 Å². The summed E-state index contributed by atoms with van der Waals surface area (Å²) in [6.45, 7) is 1.84. The van der Waals surface area contributed by atoms with Crippen molar-refractivity contribution in [2.45, 2.75) is 13.0 Å². The maximum Gasteiger partial charge on any atom is 0.244 e. The molecule has 132 valence electrons. The Morgan fingerprint density at radius 1 is 1.16 bits per heavy atom. The van der Waals surface area contributed by atoms with Crippen LogP contribution in [0, 0.1) is 0 Å². The van der Waals surface area contributed by atoms with Crippen molar-refractivity contribution in [1.82, 2.24) is 5.32 Å². The lowest BCUT2D eigenvalue weighted by Crippen LogP contribution is -2.24. The fourth-order valence-electron chi connectivity index (χ4n) is 2.21. The van der Waals surface area contributed by atoms with Gasteiger partial charge >= 0.3 is 0 Å². The fourth-order valence-corrected chi connectivity index (χ4v) is 3.18. The van der Waals surface area contributed by atoms with Crippen LogP contribution in [-0.2, 0) is 14.8 Å². The lowest BCUT2D eigenvalue weighted by atomic mass is 10.1. The smallest absolute Gasteiger partial charge is 0.244 e. The van der Waals surface area contributed by atoms with E-state index in [4.69, 9.17) is 0 Å². The fraction of sp³-hybridized carbons (Fsp3) is 0.167. The van der Waals surface area contributed by atoms with Crippen molar-refractivity contribution in [3.63, 3.8) is 0 Å². The molecule has 2 N–H and O–H groups in total. The van der Waals surface area contributed by atoms with Crippen molar-refractivity contribution in [1.29, 1.82) is 0 Å². The van der Waals surface area contributed by atoms with E-state index in [1.165, 1.54) is 6.08 Å². The minimum absolute atomic E-state index is 0.232. The van der Waals surface area contributed by atoms with Gasteiger partial charge in [0.05, 0.1) is 12.3 Å². The molecule has 0 spiro atoms. The molecule has 1 atom stereocenters. The predicted molar refractivity (Wildman–Crippen MR) is 105 cm³/mol. The van der Waals surface area contributed by atoms with Crippen LogP contribution in [0.25, 0.3) is 6.08 Å². The van der Waals surface area contributed by atoms with Gasteiger partial charge in [-0.2, -0.15) is 0 Å². The highest BCUT2D eigenvalue weighted by Crippen LogP contribution is 2.19. The molecule has 0 unspecified atom stereocenters. The molecule has 2 aromatic rings. The second kappa shape index (κ2) is 8.31. The van der Waals surface area contributed by atoms with Crippen molar-refractivity contribution >= 4 is 43.6 Å². The Morgan fingerprint density at radius 3 is 2.56 bits per heavy atom. The van der Waals surface area contributed by atoms with Gasteiger partial charge in [-0.1, -0.05) is 46.3 Å². The van der Waals surface area contributed by atoms with E-state index in [2.05, 4.69) is 26.0 Å². The molecule has 0 radical (unpaired) electrons. The second-order valence-electron chi connectivity index (χ2n) is 5.58. The number of carbonyl (C=O) groups is 1. The number of carbonyl (C=O) groups excluding carboxylic acids is 1. The van der Waals surface area contributed by atoms with Gasteiger partial charge in [-0.15, -0.1) is 0 Å². The standard InChI is InChI=1S/C18H19BrN2O3S/c1-13(15-7-5-8-16(12-15)21-25(2,23)24)20-18(22)11-10-14-6-3-4-9-17(14)19/h3-13,21H,1-2H3,(H,20,22)/b11-10+/t13-/m1/s1. The van der Waals surface area contributed by atoms with Gasteiger partial charge in [-0.25, -0.2) is 8.42 Å². The molecule has 2 aromatic carbocycles. The molecule has 1 amide bonds. The van der Waals surface area contributed by atoms with Crippen molar-refractivity contribution in [3.05, 3.63) is 70.2 Å². The van der Waals surface area contributed by atoms with Crippen molar-refractivity contribution in [3.8, 4) is 0 Å². The van der Waals surface area contributed by atoms with Crippen molar-refractivity contribution < 1.29 is 13.2 Å². The molecule has 0 aromatic heterocycles. The van der Waals surface area contributed by atoms with Gasteiger partial charge in [0.2, 0.25) is 15.9 Å². The Bertz CT molecular complexity index is 895. The highest BCUT2D eigenvalue weighted by molar-refractivity contribution is 9.10. The van der Waals surface area contributed by atoms with Crippen LogP contribution < -0.4 is 10.0 Å². The molecular formula is C18H19BrN2O3S. The highest BCUT2D eigenvalue weighted by atomic mass is 79.9. The molecule has 0 fully saturated rings. The number of rotatable bonds is 6. The number of amides is 1. The van der Waals surface area contributed by atoms with Crippen LogP contribution in [0.2, 0.25) is 0 Å². The number of halogens is 1. The number of anilines is 1. The van der Waals surface area contributed by atoms with E-state index < -0.39 is 10.0 Å². The van der Waals surface area contributed by atoms with Crippen LogP contribution in [0.15, 0.2) is 59.1 Å². The largest absolute Gasteiger partial charge is 0.346 e. The minimum atomic E-state index is -3.34. The molecule has 7 heteroatoms. The topological polar surface area (TPSA) is 75.3 Å². The van der Waals surface area contributed by atoms with Gasteiger partial charge in [0.25, 0.3) is 0 Å². The van der Waals surface area contributed by atoms with Gasteiger partial charge in [0.1, 0.15) is 0 Å². The lowest BCUT2D eigenvalue weighted by molar-refractivity contribution is -0.117. The summed E-state index contributed by atoms with van der Waals surface area (Å²) in [4.78, 5) is 12.1. The van der Waals surface area contributed by atoms with Gasteiger partial charge in [-0.3, -0.25) is 9.52 Å². The summed E-state index contributed by atoms with van der Waals surface area (Å²) in [6, 6.07) is 14.3. The zero-order valence-corrected chi connectivity index (χ0v) is 16.3. The molecule has 0 aliphatic rings. The zero-order valence-electron chi connectivity index (χ0n) is 13.9. The number of hydrogen-bond acceptors (Lipinski definition) is 3. The van der Waals surface area contributed by atoms with Crippen LogP contribution in [0.3, 0.4) is 0 Å². The van der Waals surface area contributed by atoms with E-state index in [-0.39, 0.29) is 11.9 Å². The first-order valence-electron chi connectivity index (χ1n) is 7.55. The Morgan fingerprint density at radius 2 is 1.88 bits per heavy atom. The average molecular weight is 423 g/mol. The molecule has 0 heterocycles. The Labute approximate surface area is 156 Å². The molecule has 25 heavy (non-hydrogen) atoms. The Hall–Kier alpha value is -2.12. The van der Waals surface area contributed by atoms with Gasteiger partial charge in [-0.05, 0) is 42.3 Å². The number of nitrogens with one attached hydrogen (secondary N) is 2. The van der Waals surface area contributed by atoms with Crippen molar-refractivity contribution in [2.24, 2.45) is 0 Å². The first-order chi connectivity index (χ1) is 11.7. The summed E-state index contributed by atoms with van der Waals surface area (Å²) in [6.07, 6.45) is 4.29. The summed E-state index contributed by atoms with van der Waals surface area (Å²) in [7, 11) is -3.34. The van der Waals surface area contributed by atoms with E-state index in [1.807, 2.05) is 37.3 Å². The molecule has 5 nitrogen and oxygen atoms in total. The number of hydrogen-bond donors (Lipinski definition) is 2. The molecule has 0 aliphatic heterocycles. The monoisotopic (exact) mass is 422 g/mol. The predicted octanol–water partition coefficient (Wildman–Crippen LogP) is 3.71. The first kappa shape index (κ1) is 19.2. The second-order valence-corrected chi connectivity index (χ2v) is 8.19. The Kier molecular flexibility index (Phi) is 6.39. The van der Waals surface area contributed by atoms with Crippen molar-refractivity contribution in [2.75, 3.05) is 11.0 Å². The zero-order chi connectivity index (χ0) is 18.4. The quantitative estimate of drug-likeness (QED) is 0.696. The molecule has 0 aliphatic carbocycles. The summed E-state index contributed by atoms with van der Waals surface area (Å²) in [5.74, 6) is -0.232. The summed E-state index contributed by atoms with van der Waals surface area (Å²) in [5, 5.41) is 2.86. The summed E-state index contributed by atoms with van der Waals surface area (Å²) in [5.41, 5.74) is 2.17. The third kappa shape index (κ3) is 6.36. The van der Waals surface area contributed by atoms with Crippen LogP contribution in [0.4, 0.5) is 5.69 Å². The van der Waals surface area contributed by atoms with Gasteiger partial charge in [0, 0.05) is 16.2 Å². The van der Waals surface area contributed by atoms with E-state index in [0.29, 0.717) is 5.69 Å². The molecular weight excluding hydrogens is 404 g/mol. The van der Waals surface area contributed by atoms with Gasteiger partial charge in [0.15, 0.2) is 0 Å². The van der Waals surface area contributed by atoms with E-state index >= 15 is 0 Å². The average Bonchev–Trinajstić information content (AvgIpc) is 2.52. The van der Waals surface area contributed by atoms with Crippen LogP contribution in [-0.4, -0.2) is 20.6 Å². The number of sulfonamides is 1. The van der Waals surface area contributed by atoms with Crippen LogP contribution >= 0.6 is 15.9 Å². The maximum absolute atomic E-state index is 12.1. The SMILES string of the molecule is C[C@@H](NC(=O)/C=C/c1ccccc1Br)c1cccc(NS(C)(=O)=O)c1. The lowest BCUT2D eigenvalue weighted by Gasteiger charge is -2.14. The van der Waals surface area contributed by atoms with Crippen LogP contribution in [0.1, 0.15) is 24.1 Å². The molecule has 2 rings (SSSR count). The summed E-state index contributed by atoms with van der Waals surface area (Å²) >= 11 is 3.43. The first-order valence-corrected chi connectivity index (χ1v) is 10.2. The highest BCUT2D eigenvalue weighted by Gasteiger charge is 2.09. The maximum atomic E-state index is 12.1. The molecule has 0 bridgehead atoms. The minimum Gasteiger partial charge on any atom is -0.346 e. The molecule has 0 saturated carbocycles. The molecule has 0 saturated heterocycles. The van der Waals surface area contributed by atoms with Crippen LogP contribution in [0.5, 0.6) is 0 Å². The Balaban J connectivity index is 2.04. The van der Waals surface area contributed by atoms with Gasteiger partial charge < -0.3 is 5.32 Å². The van der Waals surface area contributed by atoms with E-state index in [1.54, 1.807) is 24.3 Å². The normalized spacial score (nSPS) is 12.8. The van der Waals surface area contributed by atoms with E-state index in [0.717, 1.165) is 21.9 Å². The number of benzene rings is 2. The third-order valence-electron chi connectivity index (χ3n) is 3.37.